The minimum Gasteiger partial charge on any atom is -0.490 e. The molecule has 1 aliphatic rings. The number of hydrogen-bond acceptors (Lipinski definition) is 7. The average Bonchev–Trinajstić information content (AvgIpc) is 3.00. The van der Waals surface area contributed by atoms with Crippen molar-refractivity contribution in [2.24, 2.45) is 0 Å². The van der Waals surface area contributed by atoms with E-state index in [0.29, 0.717) is 38.6 Å². The molecule has 5 rings (SSSR count). The average molecular weight is 689 g/mol. The van der Waals surface area contributed by atoms with Crippen LogP contribution in [0.5, 0.6) is 11.5 Å². The summed E-state index contributed by atoms with van der Waals surface area (Å²) in [5, 5.41) is 11.0. The monoisotopic (exact) mass is 689 g/mol. The van der Waals surface area contributed by atoms with E-state index in [1.54, 1.807) is 84.9 Å². The van der Waals surface area contributed by atoms with Crippen LogP contribution in [-0.2, 0) is 16.2 Å². The lowest BCUT2D eigenvalue weighted by Crippen LogP contribution is -2.57. The number of carbonyl (C=O) groups excluding carboxylic acids is 3. The zero-order chi connectivity index (χ0) is 30.5. The highest BCUT2D eigenvalue weighted by molar-refractivity contribution is 14.1. The number of carbonyl (C=O) groups is 3. The molecule has 1 saturated heterocycles. The van der Waals surface area contributed by atoms with Gasteiger partial charge in [-0.2, -0.15) is 0 Å². The van der Waals surface area contributed by atoms with Crippen molar-refractivity contribution in [1.82, 2.24) is 0 Å². The first kappa shape index (κ1) is 29.5. The first-order valence-corrected chi connectivity index (χ1v) is 14.2. The molecule has 43 heavy (non-hydrogen) atoms. The summed E-state index contributed by atoms with van der Waals surface area (Å²) in [6.45, 7) is 2.26. The molecule has 0 saturated carbocycles. The largest absolute Gasteiger partial charge is 0.490 e. The molecule has 0 spiro atoms. The summed E-state index contributed by atoms with van der Waals surface area (Å²) < 4.78 is 12.5. The molecule has 1 fully saturated rings. The molecular weight excluding hydrogens is 665 g/mol. The Balaban J connectivity index is 1.52. The van der Waals surface area contributed by atoms with Gasteiger partial charge in [0.15, 0.2) is 11.5 Å². The predicted octanol–water partition coefficient (Wildman–Crippen LogP) is 6.76. The first-order valence-electron chi connectivity index (χ1n) is 13.2. The Kier molecular flexibility index (Phi) is 8.81. The lowest BCUT2D eigenvalue weighted by Gasteiger charge is -2.34. The number of ether oxygens (including phenoxy) is 2. The van der Waals surface area contributed by atoms with Crippen LogP contribution in [0.3, 0.4) is 0 Å². The van der Waals surface area contributed by atoms with Crippen LogP contribution in [0, 0.1) is 13.7 Å². The number of nitro groups is 1. The van der Waals surface area contributed by atoms with Gasteiger partial charge in [0.05, 0.1) is 26.5 Å². The van der Waals surface area contributed by atoms with Crippen molar-refractivity contribution in [1.29, 1.82) is 0 Å². The van der Waals surface area contributed by atoms with Crippen LogP contribution >= 0.6 is 22.6 Å². The van der Waals surface area contributed by atoms with Gasteiger partial charge < -0.3 is 9.47 Å². The third-order valence-electron chi connectivity index (χ3n) is 6.45. The molecule has 0 N–H and O–H groups in total. The summed E-state index contributed by atoms with van der Waals surface area (Å²) in [6, 6.07) is 25.5. The number of urea groups is 1. The van der Waals surface area contributed by atoms with E-state index in [1.165, 1.54) is 18.2 Å². The van der Waals surface area contributed by atoms with Gasteiger partial charge in [-0.1, -0.05) is 36.4 Å². The number of non-ortho nitro benzene ring substituents is 1. The Morgan fingerprint density at radius 1 is 0.814 bits per heavy atom. The van der Waals surface area contributed by atoms with Gasteiger partial charge in [0.1, 0.15) is 12.2 Å². The van der Waals surface area contributed by atoms with Gasteiger partial charge in [-0.25, -0.2) is 14.6 Å². The summed E-state index contributed by atoms with van der Waals surface area (Å²) in [6.07, 6.45) is 1.44. The van der Waals surface area contributed by atoms with E-state index in [4.69, 9.17) is 9.47 Å². The topological polar surface area (TPSA) is 119 Å². The molecule has 4 amide bonds. The van der Waals surface area contributed by atoms with Gasteiger partial charge in [0.25, 0.3) is 17.5 Å². The molecule has 0 bridgehead atoms. The Labute approximate surface area is 260 Å². The molecule has 0 aliphatic carbocycles. The number of barbiturate groups is 1. The molecule has 0 aromatic heterocycles. The highest BCUT2D eigenvalue weighted by Gasteiger charge is 2.43. The maximum absolute atomic E-state index is 13.7. The number of nitrogens with zero attached hydrogens (tertiary/aromatic N) is 3. The van der Waals surface area contributed by atoms with E-state index in [1.807, 2.05) is 6.92 Å². The second kappa shape index (κ2) is 12.9. The summed E-state index contributed by atoms with van der Waals surface area (Å²) >= 11 is 2.07. The molecule has 1 heterocycles. The fourth-order valence-corrected chi connectivity index (χ4v) is 5.23. The third kappa shape index (κ3) is 6.26. The molecule has 11 heteroatoms. The van der Waals surface area contributed by atoms with Crippen molar-refractivity contribution in [2.75, 3.05) is 16.4 Å². The first-order chi connectivity index (χ1) is 20.8. The number of amides is 4. The lowest BCUT2D eigenvalue weighted by molar-refractivity contribution is -0.384. The Bertz CT molecular complexity index is 1660. The molecule has 10 nitrogen and oxygen atoms in total. The molecule has 216 valence electrons. The summed E-state index contributed by atoms with van der Waals surface area (Å²) in [4.78, 5) is 53.4. The predicted molar refractivity (Wildman–Crippen MR) is 169 cm³/mol. The second-order valence-corrected chi connectivity index (χ2v) is 10.4. The van der Waals surface area contributed by atoms with Crippen molar-refractivity contribution in [2.45, 2.75) is 13.5 Å². The second-order valence-electron chi connectivity index (χ2n) is 9.27. The lowest BCUT2D eigenvalue weighted by atomic mass is 10.0. The van der Waals surface area contributed by atoms with Crippen molar-refractivity contribution in [3.8, 4) is 11.5 Å². The van der Waals surface area contributed by atoms with Gasteiger partial charge in [-0.05, 0) is 95.2 Å². The number of nitro benzene ring substituents is 1. The van der Waals surface area contributed by atoms with Gasteiger partial charge in [0, 0.05) is 12.1 Å². The van der Waals surface area contributed by atoms with Crippen LogP contribution in [0.4, 0.5) is 21.9 Å². The van der Waals surface area contributed by atoms with E-state index in [0.717, 1.165) is 15.4 Å². The number of anilines is 2. The Hall–Kier alpha value is -5.04. The molecule has 0 atom stereocenters. The smallest absolute Gasteiger partial charge is 0.343 e. The van der Waals surface area contributed by atoms with E-state index in [-0.39, 0.29) is 17.9 Å². The fourth-order valence-electron chi connectivity index (χ4n) is 4.45. The van der Waals surface area contributed by atoms with E-state index in [2.05, 4.69) is 22.6 Å². The van der Waals surface area contributed by atoms with Crippen molar-refractivity contribution < 1.29 is 28.8 Å². The molecular formula is C32H24IN3O7. The van der Waals surface area contributed by atoms with Crippen LogP contribution in [-0.4, -0.2) is 29.4 Å². The highest BCUT2D eigenvalue weighted by Crippen LogP contribution is 2.37. The standard InChI is InChI=1S/C32H24IN3O7/c1-2-42-28-19-22(18-27(33)29(28)43-20-21-13-15-25(16-14-21)36(40)41)17-26-30(37)34(23-9-5-3-6-10-23)32(39)35(31(26)38)24-11-7-4-8-12-24/h3-19H,2,20H2,1H3. The molecule has 0 radical (unpaired) electrons. The number of hydrogen-bond donors (Lipinski definition) is 0. The zero-order valence-corrected chi connectivity index (χ0v) is 25.0. The molecule has 1 aliphatic heterocycles. The highest BCUT2D eigenvalue weighted by atomic mass is 127. The fraction of sp³-hybridized carbons (Fsp3) is 0.0938. The number of para-hydroxylation sites is 2. The summed E-state index contributed by atoms with van der Waals surface area (Å²) in [5.74, 6) is -0.675. The van der Waals surface area contributed by atoms with Gasteiger partial charge in [-0.15, -0.1) is 0 Å². The third-order valence-corrected chi connectivity index (χ3v) is 7.25. The van der Waals surface area contributed by atoms with Gasteiger partial charge in [0.2, 0.25) is 0 Å². The number of benzene rings is 4. The van der Waals surface area contributed by atoms with Gasteiger partial charge in [-0.3, -0.25) is 19.7 Å². The summed E-state index contributed by atoms with van der Waals surface area (Å²) in [5.41, 5.74) is 1.65. The van der Waals surface area contributed by atoms with Crippen LogP contribution < -0.4 is 19.3 Å². The quantitative estimate of drug-likeness (QED) is 0.0627. The summed E-state index contributed by atoms with van der Waals surface area (Å²) in [7, 11) is 0. The van der Waals surface area contributed by atoms with E-state index >= 15 is 0 Å². The minimum absolute atomic E-state index is 0.0177. The van der Waals surface area contributed by atoms with E-state index < -0.39 is 22.8 Å². The zero-order valence-electron chi connectivity index (χ0n) is 22.8. The van der Waals surface area contributed by atoms with Crippen LogP contribution in [0.25, 0.3) is 6.08 Å². The van der Waals surface area contributed by atoms with Crippen molar-refractivity contribution in [3.05, 3.63) is 127 Å². The maximum Gasteiger partial charge on any atom is 0.343 e. The van der Waals surface area contributed by atoms with Gasteiger partial charge >= 0.3 is 6.03 Å². The van der Waals surface area contributed by atoms with Crippen LogP contribution in [0.2, 0.25) is 0 Å². The maximum atomic E-state index is 13.7. The minimum atomic E-state index is -0.774. The van der Waals surface area contributed by atoms with Crippen molar-refractivity contribution in [3.63, 3.8) is 0 Å². The normalized spacial score (nSPS) is 13.3. The van der Waals surface area contributed by atoms with Crippen LogP contribution in [0.15, 0.2) is 103 Å². The molecule has 4 aromatic carbocycles. The SMILES string of the molecule is CCOc1cc(C=C2C(=O)N(c3ccccc3)C(=O)N(c3ccccc3)C2=O)cc(I)c1OCc1ccc([N+](=O)[O-])cc1. The molecule has 4 aromatic rings. The number of halogens is 1. The van der Waals surface area contributed by atoms with E-state index in [9.17, 15) is 24.5 Å². The Morgan fingerprint density at radius 3 is 1.88 bits per heavy atom. The van der Waals surface area contributed by atoms with Crippen molar-refractivity contribution >= 4 is 63.6 Å². The number of rotatable bonds is 9. The Morgan fingerprint density at radius 2 is 1.37 bits per heavy atom. The number of imide groups is 2. The molecule has 0 unspecified atom stereocenters. The van der Waals surface area contributed by atoms with Crippen LogP contribution in [0.1, 0.15) is 18.1 Å².